The van der Waals surface area contributed by atoms with Gasteiger partial charge in [0.15, 0.2) is 5.13 Å². The van der Waals surface area contributed by atoms with Crippen LogP contribution in [0.2, 0.25) is 0 Å². The van der Waals surface area contributed by atoms with Crippen molar-refractivity contribution in [1.29, 1.82) is 0 Å². The van der Waals surface area contributed by atoms with Crippen LogP contribution in [0.1, 0.15) is 55.2 Å². The lowest BCUT2D eigenvalue weighted by atomic mass is 10.1. The number of nitrogens with zero attached hydrogens (tertiary/aromatic N) is 5. The molecule has 1 aliphatic carbocycles. The monoisotopic (exact) mass is 482 g/mol. The molecule has 9 nitrogen and oxygen atoms in total. The van der Waals surface area contributed by atoms with Gasteiger partial charge in [0.2, 0.25) is 11.8 Å². The van der Waals surface area contributed by atoms with Gasteiger partial charge in [0.1, 0.15) is 5.82 Å². The molecule has 4 heterocycles. The number of anilines is 2. The van der Waals surface area contributed by atoms with E-state index in [0.717, 1.165) is 21.8 Å². The summed E-state index contributed by atoms with van der Waals surface area (Å²) in [6.07, 6.45) is 2.35. The van der Waals surface area contributed by atoms with Crippen LogP contribution in [0.15, 0.2) is 6.07 Å². The standard InChI is InChI=1S/C24H30N6O3S/c1-13-21(34-24(25-13)26-15(3)31)19-11-18-12-30(14(2)17-5-6-17)23(33)20(18)22(27-19)29-9-7-28(8-10-29)16(4)32/h11,14,17H,5-10,12H2,1-4H3,(H,25,26,31). The second-order valence-corrected chi connectivity index (χ2v) is 10.5. The van der Waals surface area contributed by atoms with Crippen molar-refractivity contribution in [3.05, 3.63) is 22.9 Å². The first-order chi connectivity index (χ1) is 16.2. The van der Waals surface area contributed by atoms with Crippen LogP contribution < -0.4 is 10.2 Å². The van der Waals surface area contributed by atoms with Crippen LogP contribution in [0.5, 0.6) is 0 Å². The number of thiazole rings is 1. The minimum atomic E-state index is -0.165. The van der Waals surface area contributed by atoms with E-state index in [1.165, 1.54) is 31.1 Å². The number of fused-ring (bicyclic) bond motifs is 1. The third kappa shape index (κ3) is 4.15. The maximum atomic E-state index is 13.6. The molecule has 2 fully saturated rings. The van der Waals surface area contributed by atoms with E-state index >= 15 is 0 Å². The summed E-state index contributed by atoms with van der Waals surface area (Å²) in [7, 11) is 0. The van der Waals surface area contributed by atoms with Crippen molar-refractivity contribution in [2.75, 3.05) is 36.4 Å². The molecule has 0 radical (unpaired) electrons. The predicted molar refractivity (Wildman–Crippen MR) is 131 cm³/mol. The first-order valence-corrected chi connectivity index (χ1v) is 12.6. The molecule has 1 N–H and O–H groups in total. The third-order valence-corrected chi connectivity index (χ3v) is 8.13. The number of aryl methyl sites for hydroxylation is 1. The van der Waals surface area contributed by atoms with Crippen molar-refractivity contribution in [1.82, 2.24) is 19.8 Å². The minimum absolute atomic E-state index is 0.0532. The Bertz CT molecular complexity index is 1170. The zero-order chi connectivity index (χ0) is 24.1. The predicted octanol–water partition coefficient (Wildman–Crippen LogP) is 2.89. The summed E-state index contributed by atoms with van der Waals surface area (Å²) in [4.78, 5) is 53.3. The Labute approximate surface area is 203 Å². The lowest BCUT2D eigenvalue weighted by molar-refractivity contribution is -0.129. The van der Waals surface area contributed by atoms with E-state index < -0.39 is 0 Å². The Hall–Kier alpha value is -3.01. The number of piperazine rings is 1. The summed E-state index contributed by atoms with van der Waals surface area (Å²) in [6.45, 7) is 10.2. The Morgan fingerprint density at radius 3 is 2.47 bits per heavy atom. The van der Waals surface area contributed by atoms with E-state index in [9.17, 15) is 14.4 Å². The molecule has 1 saturated heterocycles. The molecule has 5 rings (SSSR count). The minimum Gasteiger partial charge on any atom is -0.352 e. The van der Waals surface area contributed by atoms with Gasteiger partial charge in [-0.05, 0) is 44.2 Å². The van der Waals surface area contributed by atoms with Crippen molar-refractivity contribution < 1.29 is 14.4 Å². The maximum Gasteiger partial charge on any atom is 0.258 e. The third-order valence-electron chi connectivity index (χ3n) is 7.03. The van der Waals surface area contributed by atoms with Gasteiger partial charge in [0.25, 0.3) is 5.91 Å². The van der Waals surface area contributed by atoms with E-state index in [2.05, 4.69) is 22.1 Å². The highest BCUT2D eigenvalue weighted by molar-refractivity contribution is 7.19. The SMILES string of the molecule is CC(=O)Nc1nc(C)c(-c2cc3c(c(N4CCN(C(C)=O)CC4)n2)C(=O)N(C(C)C2CC2)C3)s1. The highest BCUT2D eigenvalue weighted by Crippen LogP contribution is 2.42. The number of hydrogen-bond acceptors (Lipinski definition) is 7. The largest absolute Gasteiger partial charge is 0.352 e. The van der Waals surface area contributed by atoms with Gasteiger partial charge in [-0.25, -0.2) is 9.97 Å². The fourth-order valence-corrected chi connectivity index (χ4v) is 5.89. The number of pyridine rings is 1. The second kappa shape index (κ2) is 8.65. The highest BCUT2D eigenvalue weighted by Gasteiger charge is 2.41. The molecule has 0 spiro atoms. The Balaban J connectivity index is 1.54. The van der Waals surface area contributed by atoms with E-state index in [1.54, 1.807) is 6.92 Å². The van der Waals surface area contributed by atoms with Gasteiger partial charge in [-0.2, -0.15) is 0 Å². The van der Waals surface area contributed by atoms with E-state index in [4.69, 9.17) is 4.98 Å². The van der Waals surface area contributed by atoms with Crippen LogP contribution in [-0.4, -0.2) is 69.7 Å². The van der Waals surface area contributed by atoms with E-state index in [-0.39, 0.29) is 23.8 Å². The van der Waals surface area contributed by atoms with Gasteiger partial charge in [-0.15, -0.1) is 0 Å². The molecule has 0 aromatic carbocycles. The second-order valence-electron chi connectivity index (χ2n) is 9.48. The topological polar surface area (TPSA) is 98.7 Å². The van der Waals surface area contributed by atoms with Crippen LogP contribution in [-0.2, 0) is 16.1 Å². The van der Waals surface area contributed by atoms with Crippen molar-refractivity contribution in [3.8, 4) is 10.6 Å². The number of carbonyl (C=O) groups is 3. The van der Waals surface area contributed by atoms with E-state index in [0.29, 0.717) is 55.2 Å². The van der Waals surface area contributed by atoms with Crippen LogP contribution in [0.4, 0.5) is 10.9 Å². The summed E-state index contributed by atoms with van der Waals surface area (Å²) in [6, 6.07) is 2.22. The average Bonchev–Trinajstić information content (AvgIpc) is 3.51. The smallest absolute Gasteiger partial charge is 0.258 e. The number of nitrogens with one attached hydrogen (secondary N) is 1. The maximum absolute atomic E-state index is 13.6. The number of amides is 3. The molecule has 1 atom stereocenters. The zero-order valence-corrected chi connectivity index (χ0v) is 20.9. The molecule has 3 amide bonds. The van der Waals surface area contributed by atoms with E-state index in [1.807, 2.05) is 22.8 Å². The van der Waals surface area contributed by atoms with Crippen molar-refractivity contribution >= 4 is 40.0 Å². The lowest BCUT2D eigenvalue weighted by Crippen LogP contribution is -2.48. The molecule has 180 valence electrons. The van der Waals surface area contributed by atoms with Crippen molar-refractivity contribution in [2.24, 2.45) is 5.92 Å². The molecule has 2 aliphatic heterocycles. The summed E-state index contributed by atoms with van der Waals surface area (Å²) in [5.74, 6) is 1.23. The molecule has 10 heteroatoms. The number of rotatable bonds is 5. The van der Waals surface area contributed by atoms with Crippen molar-refractivity contribution in [2.45, 2.75) is 53.1 Å². The van der Waals surface area contributed by atoms with Crippen LogP contribution in [0, 0.1) is 12.8 Å². The molecular weight excluding hydrogens is 452 g/mol. The Kier molecular flexibility index (Phi) is 5.79. The van der Waals surface area contributed by atoms with Gasteiger partial charge < -0.3 is 20.0 Å². The van der Waals surface area contributed by atoms with Gasteiger partial charge >= 0.3 is 0 Å². The van der Waals surface area contributed by atoms with Gasteiger partial charge in [-0.1, -0.05) is 11.3 Å². The zero-order valence-electron chi connectivity index (χ0n) is 20.1. The molecule has 34 heavy (non-hydrogen) atoms. The van der Waals surface area contributed by atoms with Gasteiger partial charge in [0, 0.05) is 52.6 Å². The van der Waals surface area contributed by atoms with Crippen LogP contribution in [0.25, 0.3) is 10.6 Å². The molecule has 0 bridgehead atoms. The number of hydrogen-bond donors (Lipinski definition) is 1. The summed E-state index contributed by atoms with van der Waals surface area (Å²) >= 11 is 1.39. The molecule has 2 aromatic heterocycles. The molecule has 1 saturated carbocycles. The molecular formula is C24H30N6O3S. The normalized spacial score (nSPS) is 18.8. The molecule has 2 aromatic rings. The average molecular weight is 483 g/mol. The Morgan fingerprint density at radius 1 is 1.15 bits per heavy atom. The first kappa shape index (κ1) is 22.8. The fraction of sp³-hybridized carbons (Fsp3) is 0.542. The van der Waals surface area contributed by atoms with Crippen LogP contribution >= 0.6 is 11.3 Å². The van der Waals surface area contributed by atoms with Gasteiger partial charge in [-0.3, -0.25) is 14.4 Å². The summed E-state index contributed by atoms with van der Waals surface area (Å²) in [5.41, 5.74) is 3.24. The quantitative estimate of drug-likeness (QED) is 0.704. The Morgan fingerprint density at radius 2 is 1.85 bits per heavy atom. The molecule has 3 aliphatic rings. The number of carbonyl (C=O) groups excluding carboxylic acids is 3. The summed E-state index contributed by atoms with van der Waals surface area (Å²) in [5, 5.41) is 3.30. The molecule has 1 unspecified atom stereocenters. The lowest BCUT2D eigenvalue weighted by Gasteiger charge is -2.35. The number of aromatic nitrogens is 2. The first-order valence-electron chi connectivity index (χ1n) is 11.8. The van der Waals surface area contributed by atoms with Crippen molar-refractivity contribution in [3.63, 3.8) is 0 Å². The highest BCUT2D eigenvalue weighted by atomic mass is 32.1. The summed E-state index contributed by atoms with van der Waals surface area (Å²) < 4.78 is 0. The van der Waals surface area contributed by atoms with Gasteiger partial charge in [0.05, 0.1) is 21.8 Å². The fourth-order valence-electron chi connectivity index (χ4n) is 4.92. The van der Waals surface area contributed by atoms with Crippen LogP contribution in [0.3, 0.4) is 0 Å².